The molecule has 14 nitrogen and oxygen atoms in total. The Balaban J connectivity index is 2.08. The minimum atomic E-state index is -0.701. The lowest BCUT2D eigenvalue weighted by Crippen LogP contribution is -1.90. The van der Waals surface area contributed by atoms with Crippen molar-refractivity contribution in [3.05, 3.63) is 46.5 Å². The van der Waals surface area contributed by atoms with Gasteiger partial charge >= 0.3 is 0 Å². The number of nitrogens with zero attached hydrogens (tertiary/aromatic N) is 3. The van der Waals surface area contributed by atoms with E-state index in [0.29, 0.717) is 40.5 Å². The number of nitro groups is 1. The Labute approximate surface area is 199 Å². The van der Waals surface area contributed by atoms with Crippen LogP contribution in [0.3, 0.4) is 0 Å². The van der Waals surface area contributed by atoms with E-state index >= 15 is 0 Å². The van der Waals surface area contributed by atoms with E-state index < -0.39 is 16.4 Å². The van der Waals surface area contributed by atoms with Crippen molar-refractivity contribution in [2.75, 3.05) is 20.0 Å². The van der Waals surface area contributed by atoms with Gasteiger partial charge < -0.3 is 15.9 Å². The average Bonchev–Trinajstić information content (AvgIpc) is 2.81. The number of phenols is 2. The van der Waals surface area contributed by atoms with E-state index in [1.165, 1.54) is 20.3 Å². The molecule has 0 aliphatic rings. The molecule has 16 heteroatoms. The molecule has 0 amide bonds. The molecule has 0 spiro atoms. The first-order valence-electron chi connectivity index (χ1n) is 8.92. The molecule has 4 N–H and O–H groups in total. The number of rotatable bonds is 11. The first-order valence-corrected chi connectivity index (χ1v) is 10.4. The normalized spacial score (nSPS) is 11.5. The number of benzene rings is 3. The zero-order chi connectivity index (χ0) is 24.7. The number of hydrogen-bond acceptors (Lipinski definition) is 15. The lowest BCUT2D eigenvalue weighted by atomic mass is 10.1. The Hall–Kier alpha value is -3.22. The van der Waals surface area contributed by atoms with E-state index in [1.807, 2.05) is 0 Å². The third-order valence-electron chi connectivity index (χ3n) is 4.02. The summed E-state index contributed by atoms with van der Waals surface area (Å²) >= 11 is 1.09. The number of nitrogen functional groups attached to an aromatic ring is 1. The molecule has 0 unspecified atom stereocenters. The van der Waals surface area contributed by atoms with Crippen LogP contribution < -0.4 is 5.73 Å². The number of azo groups is 1. The fourth-order valence-electron chi connectivity index (χ4n) is 2.60. The molecule has 3 aromatic rings. The number of nitrogens with two attached hydrogens (primary N) is 1. The Kier molecular flexibility index (Phi) is 8.79. The van der Waals surface area contributed by atoms with Gasteiger partial charge in [-0.25, -0.2) is 9.78 Å². The summed E-state index contributed by atoms with van der Waals surface area (Å²) < 4.78 is 9.41. The summed E-state index contributed by atoms with van der Waals surface area (Å²) in [4.78, 5) is 19.4. The minimum absolute atomic E-state index is 0.0955. The number of fused-ring (bicyclic) bond motifs is 1. The molecule has 0 saturated carbocycles. The molecule has 3 rings (SSSR count). The highest BCUT2D eigenvalue weighted by atomic mass is 32.2. The number of anilines is 1. The summed E-state index contributed by atoms with van der Waals surface area (Å²) in [6.45, 7) is 0. The van der Waals surface area contributed by atoms with Gasteiger partial charge in [-0.2, -0.15) is 0 Å². The van der Waals surface area contributed by atoms with Crippen molar-refractivity contribution in [2.45, 2.75) is 9.79 Å². The van der Waals surface area contributed by atoms with Gasteiger partial charge in [-0.3, -0.25) is 10.1 Å². The Morgan fingerprint density at radius 2 is 1.62 bits per heavy atom. The lowest BCUT2D eigenvalue weighted by Gasteiger charge is -2.10. The zero-order valence-electron chi connectivity index (χ0n) is 17.4. The monoisotopic (exact) mass is 512 g/mol. The van der Waals surface area contributed by atoms with Crippen LogP contribution in [-0.2, 0) is 28.5 Å². The largest absolute Gasteiger partial charge is 0.505 e. The number of phenolic OH excluding ortho intramolecular Hbond substituents is 2. The molecule has 0 bridgehead atoms. The van der Waals surface area contributed by atoms with Crippen LogP contribution in [0.4, 0.5) is 22.7 Å². The maximum Gasteiger partial charge on any atom is 0.273 e. The quantitative estimate of drug-likeness (QED) is 0.0579. The van der Waals surface area contributed by atoms with Gasteiger partial charge in [0.25, 0.3) is 5.69 Å². The van der Waals surface area contributed by atoms with Gasteiger partial charge in [-0.05, 0) is 23.6 Å². The Morgan fingerprint density at radius 3 is 2.26 bits per heavy atom. The topological polar surface area (TPSA) is 190 Å². The van der Waals surface area contributed by atoms with Crippen LogP contribution in [0.15, 0.2) is 56.4 Å². The third-order valence-corrected chi connectivity index (χ3v) is 5.25. The number of hydrogen-bond donors (Lipinski definition) is 3. The summed E-state index contributed by atoms with van der Waals surface area (Å²) in [6.07, 6.45) is 0. The fraction of sp³-hybridized carbons (Fsp3) is 0.111. The minimum Gasteiger partial charge on any atom is -0.505 e. The first kappa shape index (κ1) is 25.4. The summed E-state index contributed by atoms with van der Waals surface area (Å²) in [5.74, 6) is -0.815. The Bertz CT molecular complexity index is 1230. The molecule has 34 heavy (non-hydrogen) atoms. The van der Waals surface area contributed by atoms with Crippen LogP contribution in [0.25, 0.3) is 10.8 Å². The molecular weight excluding hydrogens is 496 g/mol. The summed E-state index contributed by atoms with van der Waals surface area (Å²) in [7, 11) is 2.40. The smallest absolute Gasteiger partial charge is 0.273 e. The standard InChI is InChI=1S/C18H16N4O10S2/c1-27-29-31-33-14-5-9-3-4-10(19)6-12(9)17(23)16(14)21-20-13-7-11(22(25)26)8-15(18(13)24)34-32-30-28-2/h3-8,23-24H,19H2,1-2H3. The van der Waals surface area contributed by atoms with Gasteiger partial charge in [0.15, 0.2) is 11.5 Å². The van der Waals surface area contributed by atoms with Crippen molar-refractivity contribution in [1.29, 1.82) is 0 Å². The van der Waals surface area contributed by atoms with E-state index in [-0.39, 0.29) is 26.9 Å². The van der Waals surface area contributed by atoms with Crippen LogP contribution in [0.1, 0.15) is 0 Å². The van der Waals surface area contributed by atoms with Gasteiger partial charge in [0.1, 0.15) is 11.4 Å². The summed E-state index contributed by atoms with van der Waals surface area (Å²) in [5.41, 5.74) is 5.39. The van der Waals surface area contributed by atoms with Crippen LogP contribution in [-0.4, -0.2) is 29.4 Å². The van der Waals surface area contributed by atoms with Crippen LogP contribution in [0, 0.1) is 10.1 Å². The highest BCUT2D eigenvalue weighted by Crippen LogP contribution is 2.46. The van der Waals surface area contributed by atoms with E-state index in [2.05, 4.69) is 34.4 Å². The molecule has 0 aliphatic heterocycles. The highest BCUT2D eigenvalue weighted by molar-refractivity contribution is 7.95. The molecule has 0 saturated heterocycles. The summed E-state index contributed by atoms with van der Waals surface area (Å²) in [5, 5.41) is 50.0. The van der Waals surface area contributed by atoms with Crippen molar-refractivity contribution in [3.63, 3.8) is 0 Å². The van der Waals surface area contributed by atoms with Crippen molar-refractivity contribution >= 4 is 57.6 Å². The van der Waals surface area contributed by atoms with Gasteiger partial charge in [0, 0.05) is 23.2 Å². The van der Waals surface area contributed by atoms with Gasteiger partial charge in [0.2, 0.25) is 0 Å². The van der Waals surface area contributed by atoms with Crippen LogP contribution in [0.2, 0.25) is 0 Å². The molecule has 0 radical (unpaired) electrons. The second-order valence-electron chi connectivity index (χ2n) is 6.09. The van der Waals surface area contributed by atoms with Crippen molar-refractivity contribution in [3.8, 4) is 11.5 Å². The highest BCUT2D eigenvalue weighted by Gasteiger charge is 2.20. The van der Waals surface area contributed by atoms with Crippen molar-refractivity contribution in [1.82, 2.24) is 0 Å². The van der Waals surface area contributed by atoms with Crippen LogP contribution in [0.5, 0.6) is 11.5 Å². The maximum absolute atomic E-state index is 11.3. The molecular formula is C18H16N4O10S2. The second kappa shape index (κ2) is 11.8. The van der Waals surface area contributed by atoms with E-state index in [9.17, 15) is 20.3 Å². The van der Waals surface area contributed by atoms with Gasteiger partial charge in [0.05, 0.1) is 53.0 Å². The molecule has 0 aliphatic carbocycles. The van der Waals surface area contributed by atoms with Crippen LogP contribution >= 0.6 is 24.1 Å². The Morgan fingerprint density at radius 1 is 0.941 bits per heavy atom. The maximum atomic E-state index is 11.3. The molecule has 3 aromatic carbocycles. The summed E-state index contributed by atoms with van der Waals surface area (Å²) in [6, 6.07) is 8.46. The first-order chi connectivity index (χ1) is 16.3. The number of aromatic hydroxyl groups is 2. The van der Waals surface area contributed by atoms with Crippen molar-refractivity contribution in [2.24, 2.45) is 10.2 Å². The van der Waals surface area contributed by atoms with Gasteiger partial charge in [-0.15, -0.1) is 18.9 Å². The lowest BCUT2D eigenvalue weighted by molar-refractivity contribution is -0.447. The van der Waals surface area contributed by atoms with E-state index in [4.69, 9.17) is 10.1 Å². The molecule has 180 valence electrons. The number of nitro benzene ring substituents is 1. The average molecular weight is 512 g/mol. The SMILES string of the molecule is COOOSc1cc([N+](=O)[O-])cc(N=Nc2c(SOOOC)cc3ccc(N)cc3c2O)c1O. The predicted octanol–water partition coefficient (Wildman–Crippen LogP) is 5.19. The number of non-ortho nitro benzene ring substituents is 1. The third kappa shape index (κ3) is 6.01. The molecule has 0 fully saturated rings. The predicted molar refractivity (Wildman–Crippen MR) is 119 cm³/mol. The molecule has 0 atom stereocenters. The van der Waals surface area contributed by atoms with Crippen molar-refractivity contribution < 1.29 is 43.7 Å². The molecule has 0 aromatic heterocycles. The van der Waals surface area contributed by atoms with E-state index in [0.717, 1.165) is 12.1 Å². The fourth-order valence-corrected chi connectivity index (χ4v) is 3.66. The van der Waals surface area contributed by atoms with Gasteiger partial charge in [-0.1, -0.05) is 16.1 Å². The second-order valence-corrected chi connectivity index (χ2v) is 7.58. The zero-order valence-corrected chi connectivity index (χ0v) is 19.0. The van der Waals surface area contributed by atoms with E-state index in [1.54, 1.807) is 18.2 Å². The molecule has 0 heterocycles.